The molecule has 2 heterocycles. The molecule has 1 aromatic carbocycles. The average molecular weight is 383 g/mol. The number of amides is 2. The van der Waals surface area contributed by atoms with E-state index in [9.17, 15) is 4.79 Å². The van der Waals surface area contributed by atoms with E-state index in [0.717, 1.165) is 49.3 Å². The average Bonchev–Trinajstić information content (AvgIpc) is 2.72. The molecule has 0 saturated carbocycles. The summed E-state index contributed by atoms with van der Waals surface area (Å²) < 4.78 is 5.48. The topological polar surface area (TPSA) is 138 Å². The molecule has 9 nitrogen and oxygen atoms in total. The molecule has 148 valence electrons. The number of carbonyl (C=O) groups is 1. The van der Waals surface area contributed by atoms with Gasteiger partial charge in [0.05, 0.1) is 6.61 Å². The van der Waals surface area contributed by atoms with Gasteiger partial charge in [0, 0.05) is 37.7 Å². The quantitative estimate of drug-likeness (QED) is 0.380. The number of guanidine groups is 1. The number of urea groups is 1. The number of aromatic nitrogens is 2. The van der Waals surface area contributed by atoms with Crippen LogP contribution in [0.25, 0.3) is 11.1 Å². The lowest BCUT2D eigenvalue weighted by Crippen LogP contribution is -2.42. The first-order valence-corrected chi connectivity index (χ1v) is 9.22. The van der Waals surface area contributed by atoms with Gasteiger partial charge in [0.25, 0.3) is 0 Å². The molecule has 0 aliphatic carbocycles. The number of nitrogens with two attached hydrogens (primary N) is 1. The van der Waals surface area contributed by atoms with E-state index in [0.29, 0.717) is 18.4 Å². The molecule has 1 atom stereocenters. The minimum Gasteiger partial charge on any atom is -0.381 e. The fourth-order valence-corrected chi connectivity index (χ4v) is 2.98. The molecule has 0 radical (unpaired) electrons. The Labute approximate surface area is 163 Å². The largest absolute Gasteiger partial charge is 0.381 e. The molecule has 0 spiro atoms. The van der Waals surface area contributed by atoms with Crippen molar-refractivity contribution in [2.24, 2.45) is 11.7 Å². The zero-order valence-corrected chi connectivity index (χ0v) is 15.6. The van der Waals surface area contributed by atoms with Crippen LogP contribution in [0.1, 0.15) is 18.4 Å². The molecule has 1 aliphatic rings. The highest BCUT2D eigenvalue weighted by Crippen LogP contribution is 2.20. The summed E-state index contributed by atoms with van der Waals surface area (Å²) in [5, 5.41) is 15.1. The van der Waals surface area contributed by atoms with Gasteiger partial charge >= 0.3 is 6.03 Å². The Morgan fingerprint density at radius 1 is 1.29 bits per heavy atom. The molecular weight excluding hydrogens is 358 g/mol. The number of nitrogens with zero attached hydrogens (tertiary/aromatic N) is 2. The minimum atomic E-state index is -0.514. The molecular formula is C19H25N7O2. The monoisotopic (exact) mass is 383 g/mol. The molecule has 1 fully saturated rings. The number of anilines is 1. The third kappa shape index (κ3) is 5.92. The highest BCUT2D eigenvalue weighted by atomic mass is 16.5. The van der Waals surface area contributed by atoms with E-state index in [1.807, 2.05) is 24.3 Å². The fourth-order valence-electron chi connectivity index (χ4n) is 2.98. The molecule has 9 heteroatoms. The molecule has 0 bridgehead atoms. The predicted octanol–water partition coefficient (Wildman–Crippen LogP) is 1.67. The number of nitrogens with one attached hydrogen (secondary N) is 4. The number of hydrogen-bond donors (Lipinski definition) is 5. The third-order valence-electron chi connectivity index (χ3n) is 4.42. The van der Waals surface area contributed by atoms with E-state index in [2.05, 4.69) is 25.9 Å². The predicted molar refractivity (Wildman–Crippen MR) is 107 cm³/mol. The lowest BCUT2D eigenvalue weighted by molar-refractivity contribution is 0.0594. The Bertz CT molecular complexity index is 804. The second-order valence-corrected chi connectivity index (χ2v) is 6.68. The molecule has 1 saturated heterocycles. The summed E-state index contributed by atoms with van der Waals surface area (Å²) in [5.74, 6) is 0.711. The minimum absolute atomic E-state index is 0.316. The summed E-state index contributed by atoms with van der Waals surface area (Å²) in [6, 6.07) is 7.22. The molecule has 28 heavy (non-hydrogen) atoms. The second-order valence-electron chi connectivity index (χ2n) is 6.68. The highest BCUT2D eigenvalue weighted by molar-refractivity contribution is 5.93. The summed E-state index contributed by atoms with van der Waals surface area (Å²) in [6.07, 6.45) is 5.83. The first kappa shape index (κ1) is 19.6. The fraction of sp³-hybridized carbons (Fsp3) is 0.368. The smallest absolute Gasteiger partial charge is 0.321 e. The molecule has 3 rings (SSSR count). The van der Waals surface area contributed by atoms with Crippen LogP contribution < -0.4 is 21.7 Å². The third-order valence-corrected chi connectivity index (χ3v) is 4.42. The second kappa shape index (κ2) is 9.65. The number of benzene rings is 1. The van der Waals surface area contributed by atoms with Crippen LogP contribution in [0.3, 0.4) is 0 Å². The van der Waals surface area contributed by atoms with Crippen LogP contribution in [0.5, 0.6) is 0 Å². The van der Waals surface area contributed by atoms with Crippen molar-refractivity contribution < 1.29 is 9.53 Å². The number of ether oxygens (including phenoxy) is 1. The van der Waals surface area contributed by atoms with Gasteiger partial charge in [-0.25, -0.2) is 14.8 Å². The Kier molecular flexibility index (Phi) is 6.74. The van der Waals surface area contributed by atoms with Crippen LogP contribution in [0, 0.1) is 11.3 Å². The maximum Gasteiger partial charge on any atom is 0.321 e. The first-order valence-electron chi connectivity index (χ1n) is 9.22. The van der Waals surface area contributed by atoms with Gasteiger partial charge in [0.15, 0.2) is 5.96 Å². The summed E-state index contributed by atoms with van der Waals surface area (Å²) in [4.78, 5) is 20.3. The zero-order valence-electron chi connectivity index (χ0n) is 15.6. The standard InChI is InChI=1S/C19H25N7O2/c20-17(21)26-19(27)25-8-13-3-1-5-15(7-13)16-10-23-18(24-11-16)22-9-14-4-2-6-28-12-14/h1,3,5,7,10-11,14H,2,4,6,8-9,12H2,(H,22,23,24)(H5,20,21,25,26,27). The van der Waals surface area contributed by atoms with Gasteiger partial charge < -0.3 is 21.1 Å². The van der Waals surface area contributed by atoms with Crippen molar-refractivity contribution in [3.8, 4) is 11.1 Å². The molecule has 1 unspecified atom stereocenters. The van der Waals surface area contributed by atoms with Crippen LogP contribution in [0.4, 0.5) is 10.7 Å². The SMILES string of the molecule is N=C(N)NC(=O)NCc1cccc(-c2cnc(NCC3CCCOC3)nc2)c1. The number of rotatable bonds is 6. The van der Waals surface area contributed by atoms with Crippen molar-refractivity contribution in [2.75, 3.05) is 25.1 Å². The van der Waals surface area contributed by atoms with E-state index in [1.54, 1.807) is 12.4 Å². The maximum absolute atomic E-state index is 11.5. The van der Waals surface area contributed by atoms with Crippen molar-refractivity contribution in [1.29, 1.82) is 5.41 Å². The summed E-state index contributed by atoms with van der Waals surface area (Å²) >= 11 is 0. The number of carbonyl (C=O) groups excluding carboxylic acids is 1. The normalized spacial score (nSPS) is 16.2. The highest BCUT2D eigenvalue weighted by Gasteiger charge is 2.14. The molecule has 1 aliphatic heterocycles. The van der Waals surface area contributed by atoms with Crippen LogP contribution in [-0.4, -0.2) is 41.7 Å². The zero-order chi connectivity index (χ0) is 19.8. The maximum atomic E-state index is 11.5. The van der Waals surface area contributed by atoms with E-state index in [4.69, 9.17) is 15.9 Å². The summed E-state index contributed by atoms with van der Waals surface area (Å²) in [7, 11) is 0. The Hall–Kier alpha value is -3.20. The molecule has 2 aromatic rings. The van der Waals surface area contributed by atoms with Crippen molar-refractivity contribution >= 4 is 17.9 Å². The first-order chi connectivity index (χ1) is 13.6. The molecule has 1 aromatic heterocycles. The van der Waals surface area contributed by atoms with Crippen LogP contribution >= 0.6 is 0 Å². The van der Waals surface area contributed by atoms with Gasteiger partial charge in [-0.3, -0.25) is 10.7 Å². The number of hydrogen-bond acceptors (Lipinski definition) is 6. The van der Waals surface area contributed by atoms with Gasteiger partial charge in [-0.1, -0.05) is 18.2 Å². The van der Waals surface area contributed by atoms with Gasteiger partial charge in [0.1, 0.15) is 0 Å². The van der Waals surface area contributed by atoms with E-state index >= 15 is 0 Å². The van der Waals surface area contributed by atoms with Crippen LogP contribution in [0.2, 0.25) is 0 Å². The van der Waals surface area contributed by atoms with Crippen LogP contribution in [-0.2, 0) is 11.3 Å². The van der Waals surface area contributed by atoms with Crippen molar-refractivity contribution in [1.82, 2.24) is 20.6 Å². The Morgan fingerprint density at radius 2 is 2.11 bits per heavy atom. The van der Waals surface area contributed by atoms with Crippen molar-refractivity contribution in [3.63, 3.8) is 0 Å². The summed E-state index contributed by atoms with van der Waals surface area (Å²) in [6.45, 7) is 2.77. The van der Waals surface area contributed by atoms with E-state index in [1.165, 1.54) is 0 Å². The summed E-state index contributed by atoms with van der Waals surface area (Å²) in [5.41, 5.74) is 7.88. The lowest BCUT2D eigenvalue weighted by atomic mass is 10.0. The van der Waals surface area contributed by atoms with E-state index in [-0.39, 0.29) is 0 Å². The van der Waals surface area contributed by atoms with Crippen LogP contribution in [0.15, 0.2) is 36.7 Å². The van der Waals surface area contributed by atoms with Gasteiger partial charge in [-0.05, 0) is 36.0 Å². The molecule has 2 amide bonds. The lowest BCUT2D eigenvalue weighted by Gasteiger charge is -2.22. The van der Waals surface area contributed by atoms with Crippen molar-refractivity contribution in [3.05, 3.63) is 42.2 Å². The molecule has 6 N–H and O–H groups in total. The van der Waals surface area contributed by atoms with Crippen molar-refractivity contribution in [2.45, 2.75) is 19.4 Å². The Balaban J connectivity index is 1.55. The van der Waals surface area contributed by atoms with E-state index < -0.39 is 12.0 Å². The Morgan fingerprint density at radius 3 is 2.82 bits per heavy atom. The van der Waals surface area contributed by atoms with Gasteiger partial charge in [-0.2, -0.15) is 0 Å². The van der Waals surface area contributed by atoms with Gasteiger partial charge in [0.2, 0.25) is 5.95 Å². The van der Waals surface area contributed by atoms with Gasteiger partial charge in [-0.15, -0.1) is 0 Å².